The lowest BCUT2D eigenvalue weighted by atomic mass is 10.2. The predicted octanol–water partition coefficient (Wildman–Crippen LogP) is 4.24. The van der Waals surface area contributed by atoms with Crippen molar-refractivity contribution in [2.24, 2.45) is 0 Å². The maximum atomic E-state index is 13.4. The largest absolute Gasteiger partial charge is 0.492 e. The van der Waals surface area contributed by atoms with Crippen molar-refractivity contribution in [3.8, 4) is 11.4 Å². The molecule has 1 aromatic heterocycles. The smallest absolute Gasteiger partial charge is 0.266 e. The highest BCUT2D eigenvalue weighted by Gasteiger charge is 2.19. The number of benzene rings is 2. The van der Waals surface area contributed by atoms with Crippen LogP contribution in [-0.2, 0) is 0 Å². The van der Waals surface area contributed by atoms with Crippen LogP contribution >= 0.6 is 0 Å². The van der Waals surface area contributed by atoms with Crippen molar-refractivity contribution in [1.82, 2.24) is 14.9 Å². The predicted molar refractivity (Wildman–Crippen MR) is 110 cm³/mol. The second kappa shape index (κ2) is 8.82. The van der Waals surface area contributed by atoms with Crippen LogP contribution in [0.5, 0.6) is 5.75 Å². The SMILES string of the molecule is CCCCN[C@H](C)c1nc2ccccc2c(=O)n1-c1ccccc1OCC. The fourth-order valence-electron chi connectivity index (χ4n) is 3.18. The topological polar surface area (TPSA) is 56.2 Å². The van der Waals surface area contributed by atoms with E-state index in [4.69, 9.17) is 9.72 Å². The van der Waals surface area contributed by atoms with Crippen LogP contribution in [0.2, 0.25) is 0 Å². The van der Waals surface area contributed by atoms with Crippen molar-refractivity contribution in [3.05, 3.63) is 64.7 Å². The number of fused-ring (bicyclic) bond motifs is 1. The number of aromatic nitrogens is 2. The van der Waals surface area contributed by atoms with Crippen LogP contribution < -0.4 is 15.6 Å². The highest BCUT2D eigenvalue weighted by Crippen LogP contribution is 2.25. The molecule has 0 aliphatic carbocycles. The van der Waals surface area contributed by atoms with Gasteiger partial charge < -0.3 is 10.1 Å². The van der Waals surface area contributed by atoms with Crippen molar-refractivity contribution in [3.63, 3.8) is 0 Å². The number of nitrogens with zero attached hydrogens (tertiary/aromatic N) is 2. The van der Waals surface area contributed by atoms with Gasteiger partial charge in [0, 0.05) is 0 Å². The van der Waals surface area contributed by atoms with Crippen molar-refractivity contribution >= 4 is 10.9 Å². The molecule has 3 rings (SSSR count). The van der Waals surface area contributed by atoms with Crippen LogP contribution in [0.3, 0.4) is 0 Å². The number of rotatable bonds is 8. The van der Waals surface area contributed by atoms with Gasteiger partial charge in [0.2, 0.25) is 0 Å². The Kier molecular flexibility index (Phi) is 6.24. The van der Waals surface area contributed by atoms with Gasteiger partial charge >= 0.3 is 0 Å². The fourth-order valence-corrected chi connectivity index (χ4v) is 3.18. The van der Waals surface area contributed by atoms with Gasteiger partial charge in [0.15, 0.2) is 0 Å². The fraction of sp³-hybridized carbons (Fsp3) is 0.364. The number of hydrogen-bond acceptors (Lipinski definition) is 4. The van der Waals surface area contributed by atoms with Crippen LogP contribution in [0.25, 0.3) is 16.6 Å². The normalized spacial score (nSPS) is 12.3. The molecule has 0 spiro atoms. The Bertz CT molecular complexity index is 965. The first kappa shape index (κ1) is 19.1. The molecule has 0 radical (unpaired) electrons. The van der Waals surface area contributed by atoms with Gasteiger partial charge in [-0.15, -0.1) is 0 Å². The number of nitrogens with one attached hydrogen (secondary N) is 1. The minimum absolute atomic E-state index is 0.0662. The maximum absolute atomic E-state index is 13.4. The van der Waals surface area contributed by atoms with Gasteiger partial charge in [-0.25, -0.2) is 4.98 Å². The van der Waals surface area contributed by atoms with Gasteiger partial charge in [-0.05, 0) is 51.1 Å². The Morgan fingerprint density at radius 1 is 1.11 bits per heavy atom. The lowest BCUT2D eigenvalue weighted by Crippen LogP contribution is -2.30. The first-order valence-corrected chi connectivity index (χ1v) is 9.64. The molecule has 0 amide bonds. The lowest BCUT2D eigenvalue weighted by molar-refractivity contribution is 0.338. The van der Waals surface area contributed by atoms with E-state index in [9.17, 15) is 4.79 Å². The summed E-state index contributed by atoms with van der Waals surface area (Å²) in [6.45, 7) is 7.56. The minimum Gasteiger partial charge on any atom is -0.492 e. The molecule has 0 aliphatic rings. The molecule has 0 fully saturated rings. The number of hydrogen-bond donors (Lipinski definition) is 1. The van der Waals surface area contributed by atoms with E-state index in [2.05, 4.69) is 12.2 Å². The van der Waals surface area contributed by atoms with Crippen LogP contribution in [0.15, 0.2) is 53.3 Å². The molecule has 142 valence electrons. The summed E-state index contributed by atoms with van der Waals surface area (Å²) in [4.78, 5) is 18.2. The summed E-state index contributed by atoms with van der Waals surface area (Å²) in [5.74, 6) is 1.38. The Balaban J connectivity index is 2.21. The average molecular weight is 365 g/mol. The van der Waals surface area contributed by atoms with Gasteiger partial charge in [-0.1, -0.05) is 37.6 Å². The van der Waals surface area contributed by atoms with Crippen molar-refractivity contribution in [1.29, 1.82) is 0 Å². The van der Waals surface area contributed by atoms with Gasteiger partial charge in [0.05, 0.1) is 29.2 Å². The molecule has 0 saturated carbocycles. The standard InChI is InChI=1S/C22H27N3O2/c1-4-6-15-23-16(3)21-24-18-12-8-7-11-17(18)22(26)25(21)19-13-9-10-14-20(19)27-5-2/h7-14,16,23H,4-6,15H2,1-3H3/t16-/m1/s1. The Morgan fingerprint density at radius 3 is 2.63 bits per heavy atom. The summed E-state index contributed by atoms with van der Waals surface area (Å²) in [6, 6.07) is 15.0. The number of unbranched alkanes of at least 4 members (excludes halogenated alkanes) is 1. The molecule has 0 bridgehead atoms. The molecule has 1 atom stereocenters. The van der Waals surface area contributed by atoms with E-state index in [1.807, 2.05) is 62.4 Å². The zero-order valence-electron chi connectivity index (χ0n) is 16.2. The van der Waals surface area contributed by atoms with Crippen LogP contribution in [0, 0.1) is 0 Å². The zero-order valence-corrected chi connectivity index (χ0v) is 16.2. The molecular formula is C22H27N3O2. The van der Waals surface area contributed by atoms with Gasteiger partial charge in [0.1, 0.15) is 11.6 Å². The summed E-state index contributed by atoms with van der Waals surface area (Å²) >= 11 is 0. The van der Waals surface area contributed by atoms with E-state index in [0.29, 0.717) is 29.1 Å². The average Bonchev–Trinajstić information content (AvgIpc) is 2.69. The molecule has 0 saturated heterocycles. The van der Waals surface area contributed by atoms with E-state index < -0.39 is 0 Å². The third-order valence-electron chi connectivity index (χ3n) is 4.58. The van der Waals surface area contributed by atoms with E-state index >= 15 is 0 Å². The highest BCUT2D eigenvalue weighted by molar-refractivity contribution is 5.78. The molecule has 5 nitrogen and oxygen atoms in total. The van der Waals surface area contributed by atoms with Crippen LogP contribution in [0.4, 0.5) is 0 Å². The number of ether oxygens (including phenoxy) is 1. The van der Waals surface area contributed by atoms with Gasteiger partial charge in [0.25, 0.3) is 5.56 Å². The molecule has 3 aromatic rings. The summed E-state index contributed by atoms with van der Waals surface area (Å²) < 4.78 is 7.48. The van der Waals surface area contributed by atoms with E-state index in [-0.39, 0.29) is 11.6 Å². The Hall–Kier alpha value is -2.66. The first-order chi connectivity index (χ1) is 13.2. The monoisotopic (exact) mass is 365 g/mol. The maximum Gasteiger partial charge on any atom is 0.266 e. The summed E-state index contributed by atoms with van der Waals surface area (Å²) in [5.41, 5.74) is 1.36. The molecule has 0 unspecified atom stereocenters. The molecule has 1 N–H and O–H groups in total. The van der Waals surface area contributed by atoms with E-state index in [1.165, 1.54) is 0 Å². The van der Waals surface area contributed by atoms with Crippen molar-refractivity contribution < 1.29 is 4.74 Å². The molecule has 0 aliphatic heterocycles. The molecule has 1 heterocycles. The molecular weight excluding hydrogens is 338 g/mol. The third kappa shape index (κ3) is 4.03. The second-order valence-electron chi connectivity index (χ2n) is 6.56. The Labute approximate surface area is 160 Å². The lowest BCUT2D eigenvalue weighted by Gasteiger charge is -2.21. The Morgan fingerprint density at radius 2 is 1.85 bits per heavy atom. The molecule has 5 heteroatoms. The first-order valence-electron chi connectivity index (χ1n) is 9.64. The van der Waals surface area contributed by atoms with Crippen LogP contribution in [-0.4, -0.2) is 22.7 Å². The van der Waals surface area contributed by atoms with Gasteiger partial charge in [-0.3, -0.25) is 9.36 Å². The number of para-hydroxylation sites is 3. The minimum atomic E-state index is -0.0769. The van der Waals surface area contributed by atoms with E-state index in [0.717, 1.165) is 25.1 Å². The third-order valence-corrected chi connectivity index (χ3v) is 4.58. The molecule has 2 aromatic carbocycles. The van der Waals surface area contributed by atoms with Gasteiger partial charge in [-0.2, -0.15) is 0 Å². The van der Waals surface area contributed by atoms with Crippen LogP contribution in [0.1, 0.15) is 45.5 Å². The second-order valence-corrected chi connectivity index (χ2v) is 6.56. The zero-order chi connectivity index (χ0) is 19.2. The van der Waals surface area contributed by atoms with Crippen molar-refractivity contribution in [2.45, 2.75) is 39.7 Å². The quantitative estimate of drug-likeness (QED) is 0.607. The van der Waals surface area contributed by atoms with E-state index in [1.54, 1.807) is 4.57 Å². The summed E-state index contributed by atoms with van der Waals surface area (Å²) in [5, 5.41) is 4.10. The summed E-state index contributed by atoms with van der Waals surface area (Å²) in [7, 11) is 0. The molecule has 27 heavy (non-hydrogen) atoms. The summed E-state index contributed by atoms with van der Waals surface area (Å²) in [6.07, 6.45) is 2.20. The van der Waals surface area contributed by atoms with Crippen molar-refractivity contribution in [2.75, 3.05) is 13.2 Å². The highest BCUT2D eigenvalue weighted by atomic mass is 16.5.